The molecule has 0 bridgehead atoms. The van der Waals surface area contributed by atoms with Gasteiger partial charge in [-0.3, -0.25) is 19.3 Å². The van der Waals surface area contributed by atoms with Crippen molar-refractivity contribution in [1.82, 2.24) is 30.3 Å². The first-order valence-corrected chi connectivity index (χ1v) is 8.84. The molecule has 0 radical (unpaired) electrons. The third-order valence-corrected chi connectivity index (χ3v) is 4.48. The van der Waals surface area contributed by atoms with Gasteiger partial charge in [0.2, 0.25) is 5.91 Å². The van der Waals surface area contributed by atoms with Crippen molar-refractivity contribution in [1.29, 1.82) is 0 Å². The molecule has 0 unspecified atom stereocenters. The van der Waals surface area contributed by atoms with Crippen LogP contribution in [0.1, 0.15) is 28.8 Å². The molecule has 0 spiro atoms. The van der Waals surface area contributed by atoms with E-state index in [-0.39, 0.29) is 11.8 Å². The van der Waals surface area contributed by atoms with Crippen LogP contribution < -0.4 is 10.6 Å². The molecular formula is C18H24N6O2. The van der Waals surface area contributed by atoms with Crippen molar-refractivity contribution in [2.45, 2.75) is 33.0 Å². The number of aryl methyl sites for hydroxylation is 2. The predicted octanol–water partition coefficient (Wildman–Crippen LogP) is 0.337. The second-order valence-electron chi connectivity index (χ2n) is 6.24. The topological polar surface area (TPSA) is 92.2 Å². The first-order valence-electron chi connectivity index (χ1n) is 8.84. The molecule has 1 aliphatic heterocycles. The molecule has 8 heteroatoms. The van der Waals surface area contributed by atoms with E-state index in [1.54, 1.807) is 21.8 Å². The second kappa shape index (κ2) is 8.09. The maximum Gasteiger partial charge on any atom is 0.275 e. The average Bonchev–Trinajstić information content (AvgIpc) is 3.07. The van der Waals surface area contributed by atoms with Crippen molar-refractivity contribution in [3.05, 3.63) is 47.5 Å². The van der Waals surface area contributed by atoms with Gasteiger partial charge in [-0.05, 0) is 32.0 Å². The van der Waals surface area contributed by atoms with Crippen LogP contribution in [0.2, 0.25) is 0 Å². The van der Waals surface area contributed by atoms with Gasteiger partial charge in [0.25, 0.3) is 5.91 Å². The molecule has 1 saturated heterocycles. The lowest BCUT2D eigenvalue weighted by molar-refractivity contribution is -0.126. The Balaban J connectivity index is 1.70. The minimum Gasteiger partial charge on any atom is -0.349 e. The van der Waals surface area contributed by atoms with Crippen molar-refractivity contribution >= 4 is 11.8 Å². The highest BCUT2D eigenvalue weighted by molar-refractivity contribution is 5.96. The average molecular weight is 356 g/mol. The molecule has 0 aromatic carbocycles. The Hall–Kier alpha value is -2.74. The van der Waals surface area contributed by atoms with E-state index in [4.69, 9.17) is 0 Å². The highest BCUT2D eigenvalue weighted by atomic mass is 16.2. The fourth-order valence-corrected chi connectivity index (χ4v) is 3.06. The van der Waals surface area contributed by atoms with Crippen LogP contribution in [-0.4, -0.2) is 57.2 Å². The molecule has 1 atom stereocenters. The zero-order valence-corrected chi connectivity index (χ0v) is 15.1. The Labute approximate surface area is 152 Å². The molecule has 1 fully saturated rings. The summed E-state index contributed by atoms with van der Waals surface area (Å²) in [4.78, 5) is 31.3. The fraction of sp³-hybridized carbons (Fsp3) is 0.444. The van der Waals surface area contributed by atoms with Gasteiger partial charge in [-0.1, -0.05) is 6.07 Å². The Kier molecular flexibility index (Phi) is 5.62. The third-order valence-electron chi connectivity index (χ3n) is 4.48. The van der Waals surface area contributed by atoms with E-state index in [0.717, 1.165) is 11.4 Å². The smallest absolute Gasteiger partial charge is 0.275 e. The first-order chi connectivity index (χ1) is 12.6. The molecule has 3 rings (SSSR count). The Bertz CT molecular complexity index is 773. The minimum atomic E-state index is -0.563. The van der Waals surface area contributed by atoms with E-state index < -0.39 is 6.04 Å². The molecule has 0 aliphatic carbocycles. The van der Waals surface area contributed by atoms with E-state index >= 15 is 0 Å². The van der Waals surface area contributed by atoms with E-state index in [1.807, 2.05) is 32.0 Å². The van der Waals surface area contributed by atoms with Gasteiger partial charge in [-0.25, -0.2) is 0 Å². The van der Waals surface area contributed by atoms with Gasteiger partial charge < -0.3 is 15.5 Å². The third kappa shape index (κ3) is 3.91. The Morgan fingerprint density at radius 1 is 1.38 bits per heavy atom. The highest BCUT2D eigenvalue weighted by Crippen LogP contribution is 2.12. The maximum atomic E-state index is 12.9. The standard InChI is InChI=1S/C18H24N6O2/c1-3-24-13(2)10-15(22-24)18(26)23-9-8-19-12-16(23)17(25)21-11-14-6-4-5-7-20-14/h4-7,10,16,19H,3,8-9,11-12H2,1-2H3,(H,21,25)/t16-/m1/s1. The van der Waals surface area contributed by atoms with Gasteiger partial charge in [-0.15, -0.1) is 0 Å². The zero-order valence-electron chi connectivity index (χ0n) is 15.1. The summed E-state index contributed by atoms with van der Waals surface area (Å²) in [5.41, 5.74) is 2.09. The number of amides is 2. The van der Waals surface area contributed by atoms with Crippen LogP contribution in [0, 0.1) is 6.92 Å². The Morgan fingerprint density at radius 3 is 2.92 bits per heavy atom. The van der Waals surface area contributed by atoms with Crippen molar-refractivity contribution in [2.24, 2.45) is 0 Å². The van der Waals surface area contributed by atoms with Gasteiger partial charge >= 0.3 is 0 Å². The monoisotopic (exact) mass is 356 g/mol. The number of nitrogens with one attached hydrogen (secondary N) is 2. The number of carbonyl (C=O) groups excluding carboxylic acids is 2. The number of piperazine rings is 1. The predicted molar refractivity (Wildman–Crippen MR) is 96.4 cm³/mol. The summed E-state index contributed by atoms with van der Waals surface area (Å²) in [5, 5.41) is 10.4. The van der Waals surface area contributed by atoms with Crippen molar-refractivity contribution in [3.8, 4) is 0 Å². The van der Waals surface area contributed by atoms with Crippen LogP contribution in [-0.2, 0) is 17.9 Å². The summed E-state index contributed by atoms with van der Waals surface area (Å²) in [6.45, 7) is 6.49. The minimum absolute atomic E-state index is 0.192. The molecule has 1 aliphatic rings. The van der Waals surface area contributed by atoms with Crippen LogP contribution in [0.5, 0.6) is 0 Å². The summed E-state index contributed by atoms with van der Waals surface area (Å²) in [6, 6.07) is 6.76. The van der Waals surface area contributed by atoms with Crippen LogP contribution >= 0.6 is 0 Å². The van der Waals surface area contributed by atoms with E-state index in [9.17, 15) is 9.59 Å². The quantitative estimate of drug-likeness (QED) is 0.806. The molecule has 26 heavy (non-hydrogen) atoms. The normalized spacial score (nSPS) is 17.2. The number of hydrogen-bond donors (Lipinski definition) is 2. The molecule has 0 saturated carbocycles. The number of pyridine rings is 1. The molecule has 2 amide bonds. The lowest BCUT2D eigenvalue weighted by atomic mass is 10.1. The van der Waals surface area contributed by atoms with Crippen molar-refractivity contribution in [3.63, 3.8) is 0 Å². The van der Waals surface area contributed by atoms with Crippen LogP contribution in [0.3, 0.4) is 0 Å². The van der Waals surface area contributed by atoms with Crippen LogP contribution in [0.15, 0.2) is 30.5 Å². The fourth-order valence-electron chi connectivity index (χ4n) is 3.06. The van der Waals surface area contributed by atoms with Crippen LogP contribution in [0.25, 0.3) is 0 Å². The summed E-state index contributed by atoms with van der Waals surface area (Å²) >= 11 is 0. The maximum absolute atomic E-state index is 12.9. The van der Waals surface area contributed by atoms with E-state index in [2.05, 4.69) is 20.7 Å². The van der Waals surface area contributed by atoms with Gasteiger partial charge in [0.1, 0.15) is 6.04 Å². The summed E-state index contributed by atoms with van der Waals surface area (Å²) < 4.78 is 1.78. The summed E-state index contributed by atoms with van der Waals surface area (Å²) in [5.74, 6) is -0.400. The molecular weight excluding hydrogens is 332 g/mol. The molecule has 2 aromatic rings. The van der Waals surface area contributed by atoms with Gasteiger partial charge in [-0.2, -0.15) is 5.10 Å². The first kappa shape index (κ1) is 18.1. The SMILES string of the molecule is CCn1nc(C(=O)N2CCNC[C@@H]2C(=O)NCc2ccccn2)cc1C. The van der Waals surface area contributed by atoms with Gasteiger partial charge in [0.05, 0.1) is 12.2 Å². The largest absolute Gasteiger partial charge is 0.349 e. The molecule has 2 N–H and O–H groups in total. The summed E-state index contributed by atoms with van der Waals surface area (Å²) in [7, 11) is 0. The van der Waals surface area contributed by atoms with Crippen LogP contribution in [0.4, 0.5) is 0 Å². The number of nitrogens with zero attached hydrogens (tertiary/aromatic N) is 4. The molecule has 2 aromatic heterocycles. The van der Waals surface area contributed by atoms with Crippen molar-refractivity contribution in [2.75, 3.05) is 19.6 Å². The molecule has 8 nitrogen and oxygen atoms in total. The van der Waals surface area contributed by atoms with E-state index in [0.29, 0.717) is 38.4 Å². The Morgan fingerprint density at radius 2 is 2.23 bits per heavy atom. The van der Waals surface area contributed by atoms with Gasteiger partial charge in [0, 0.05) is 38.1 Å². The number of carbonyl (C=O) groups is 2. The number of hydrogen-bond acceptors (Lipinski definition) is 5. The second-order valence-corrected chi connectivity index (χ2v) is 6.24. The van der Waals surface area contributed by atoms with E-state index in [1.165, 1.54) is 0 Å². The summed E-state index contributed by atoms with van der Waals surface area (Å²) in [6.07, 6.45) is 1.69. The lowest BCUT2D eigenvalue weighted by Gasteiger charge is -2.34. The molecule has 3 heterocycles. The lowest BCUT2D eigenvalue weighted by Crippen LogP contribution is -2.59. The highest BCUT2D eigenvalue weighted by Gasteiger charge is 2.33. The van der Waals surface area contributed by atoms with Crippen molar-refractivity contribution < 1.29 is 9.59 Å². The molecule has 138 valence electrons. The zero-order chi connectivity index (χ0) is 18.5. The van der Waals surface area contributed by atoms with Gasteiger partial charge in [0.15, 0.2) is 5.69 Å². The number of aromatic nitrogens is 3. The number of rotatable bonds is 5.